The van der Waals surface area contributed by atoms with Crippen molar-refractivity contribution in [3.05, 3.63) is 35.4 Å². The van der Waals surface area contributed by atoms with Crippen LogP contribution in [0.15, 0.2) is 24.3 Å². The summed E-state index contributed by atoms with van der Waals surface area (Å²) in [6.07, 6.45) is 0.118. The summed E-state index contributed by atoms with van der Waals surface area (Å²) in [4.78, 5) is 36.6. The Labute approximate surface area is 105 Å². The van der Waals surface area contributed by atoms with Gasteiger partial charge in [-0.25, -0.2) is 0 Å². The summed E-state index contributed by atoms with van der Waals surface area (Å²) in [5.74, 6) is -1.43. The zero-order valence-electron chi connectivity index (χ0n) is 10.6. The SMILES string of the molecule is [2H][C@@]1(N2Cc3ccccc3C2=O)CCC(=O)NC1=O. The molecule has 2 aliphatic heterocycles. The molecule has 3 amide bonds. The van der Waals surface area contributed by atoms with E-state index in [-0.39, 0.29) is 25.3 Å². The lowest BCUT2D eigenvalue weighted by Crippen LogP contribution is -2.52. The number of hydrogen-bond acceptors (Lipinski definition) is 3. The molecule has 1 fully saturated rings. The van der Waals surface area contributed by atoms with Crippen molar-refractivity contribution in [2.75, 3.05) is 0 Å². The van der Waals surface area contributed by atoms with Gasteiger partial charge in [-0.3, -0.25) is 19.7 Å². The van der Waals surface area contributed by atoms with Crippen LogP contribution in [-0.4, -0.2) is 28.6 Å². The molecule has 0 spiro atoms. The first-order valence-corrected chi connectivity index (χ1v) is 5.76. The average molecular weight is 245 g/mol. The molecule has 1 aromatic carbocycles. The minimum Gasteiger partial charge on any atom is -0.322 e. The van der Waals surface area contributed by atoms with Gasteiger partial charge in [-0.05, 0) is 18.1 Å². The van der Waals surface area contributed by atoms with Crippen molar-refractivity contribution < 1.29 is 15.8 Å². The quantitative estimate of drug-likeness (QED) is 0.730. The summed E-state index contributed by atoms with van der Waals surface area (Å²) >= 11 is 0. The maximum absolute atomic E-state index is 12.3. The molecule has 3 rings (SSSR count). The van der Waals surface area contributed by atoms with Gasteiger partial charge < -0.3 is 4.90 Å². The molecule has 5 nitrogen and oxygen atoms in total. The molecule has 0 unspecified atom stereocenters. The van der Waals surface area contributed by atoms with Crippen molar-refractivity contribution in [1.82, 2.24) is 10.2 Å². The Morgan fingerprint density at radius 3 is 2.78 bits per heavy atom. The predicted octanol–water partition coefficient (Wildman–Crippen LogP) is 0.448. The number of benzene rings is 1. The molecule has 2 aliphatic rings. The number of fused-ring (bicyclic) bond motifs is 1. The molecular weight excluding hydrogens is 232 g/mol. The molecule has 92 valence electrons. The Bertz CT molecular complexity index is 601. The fourth-order valence-electron chi connectivity index (χ4n) is 2.34. The van der Waals surface area contributed by atoms with Crippen molar-refractivity contribution in [2.24, 2.45) is 0 Å². The largest absolute Gasteiger partial charge is 0.322 e. The third-order valence-electron chi connectivity index (χ3n) is 3.25. The van der Waals surface area contributed by atoms with Gasteiger partial charge in [0.1, 0.15) is 6.02 Å². The standard InChI is InChI=1S/C13H12N2O3/c16-11-6-5-10(12(17)14-11)15-7-8-3-1-2-4-9(8)13(15)18/h1-4,10H,5-7H2,(H,14,16,17)/t10-/m1/s1/i10D. The number of nitrogens with one attached hydrogen (secondary N) is 1. The first kappa shape index (κ1) is 9.82. The molecule has 2 heterocycles. The van der Waals surface area contributed by atoms with Crippen LogP contribution in [0.2, 0.25) is 0 Å². The molecule has 0 aliphatic carbocycles. The maximum atomic E-state index is 12.3. The third kappa shape index (κ3) is 1.59. The number of hydrogen-bond donors (Lipinski definition) is 1. The summed E-state index contributed by atoms with van der Waals surface area (Å²) in [7, 11) is 0. The second-order valence-electron chi connectivity index (χ2n) is 4.37. The molecule has 18 heavy (non-hydrogen) atoms. The normalized spacial score (nSPS) is 27.9. The Hall–Kier alpha value is -2.17. The highest BCUT2D eigenvalue weighted by Gasteiger charge is 2.38. The third-order valence-corrected chi connectivity index (χ3v) is 3.25. The van der Waals surface area contributed by atoms with Gasteiger partial charge >= 0.3 is 0 Å². The topological polar surface area (TPSA) is 66.5 Å². The van der Waals surface area contributed by atoms with Crippen molar-refractivity contribution in [3.8, 4) is 0 Å². The lowest BCUT2D eigenvalue weighted by molar-refractivity contribution is -0.136. The Balaban J connectivity index is 1.95. The zero-order valence-corrected chi connectivity index (χ0v) is 9.60. The summed E-state index contributed by atoms with van der Waals surface area (Å²) in [6, 6.07) is 5.37. The lowest BCUT2D eigenvalue weighted by atomic mass is 10.0. The van der Waals surface area contributed by atoms with E-state index in [0.717, 1.165) is 5.56 Å². The summed E-state index contributed by atoms with van der Waals surface area (Å²) in [5, 5.41) is 2.13. The van der Waals surface area contributed by atoms with Crippen molar-refractivity contribution >= 4 is 17.7 Å². The summed E-state index contributed by atoms with van der Waals surface area (Å²) in [6.45, 7) is 0.236. The first-order valence-electron chi connectivity index (χ1n) is 6.26. The van der Waals surface area contributed by atoms with Crippen LogP contribution in [0.25, 0.3) is 0 Å². The van der Waals surface area contributed by atoms with E-state index in [1.54, 1.807) is 12.1 Å². The van der Waals surface area contributed by atoms with E-state index >= 15 is 0 Å². The zero-order chi connectivity index (χ0) is 13.6. The van der Waals surface area contributed by atoms with E-state index in [9.17, 15) is 14.4 Å². The molecule has 1 aromatic rings. The minimum absolute atomic E-state index is 0.0391. The van der Waals surface area contributed by atoms with E-state index in [0.29, 0.717) is 5.56 Å². The molecule has 0 aromatic heterocycles. The van der Waals surface area contributed by atoms with Crippen LogP contribution in [0.4, 0.5) is 0 Å². The molecule has 5 heteroatoms. The van der Waals surface area contributed by atoms with Gasteiger partial charge in [-0.1, -0.05) is 18.2 Å². The average Bonchev–Trinajstić information content (AvgIpc) is 2.73. The highest BCUT2D eigenvalue weighted by molar-refractivity contribution is 6.05. The number of piperidine rings is 1. The van der Waals surface area contributed by atoms with Crippen LogP contribution in [0.5, 0.6) is 0 Å². The fraction of sp³-hybridized carbons (Fsp3) is 0.308. The van der Waals surface area contributed by atoms with Crippen molar-refractivity contribution in [3.63, 3.8) is 0 Å². The molecular formula is C13H12N2O3. The second kappa shape index (κ2) is 3.94. The van der Waals surface area contributed by atoms with Crippen molar-refractivity contribution in [1.29, 1.82) is 0 Å². The molecule has 0 saturated carbocycles. The predicted molar refractivity (Wildman–Crippen MR) is 62.5 cm³/mol. The number of carbonyl (C=O) groups excluding carboxylic acids is 3. The molecule has 0 radical (unpaired) electrons. The van der Waals surface area contributed by atoms with Gasteiger partial charge in [0, 0.05) is 18.5 Å². The van der Waals surface area contributed by atoms with Crippen LogP contribution in [0.3, 0.4) is 0 Å². The smallest absolute Gasteiger partial charge is 0.255 e. The van der Waals surface area contributed by atoms with E-state index in [1.165, 1.54) is 4.90 Å². The number of rotatable bonds is 1. The van der Waals surface area contributed by atoms with Crippen LogP contribution in [0, 0.1) is 0 Å². The Morgan fingerprint density at radius 2 is 2.06 bits per heavy atom. The van der Waals surface area contributed by atoms with E-state index in [1.807, 2.05) is 12.1 Å². The van der Waals surface area contributed by atoms with Crippen LogP contribution < -0.4 is 5.32 Å². The Kier molecular flexibility index (Phi) is 2.15. The van der Waals surface area contributed by atoms with Gasteiger partial charge in [-0.15, -0.1) is 0 Å². The molecule has 1 N–H and O–H groups in total. The highest BCUT2D eigenvalue weighted by Crippen LogP contribution is 2.26. The lowest BCUT2D eigenvalue weighted by Gasteiger charge is -2.29. The van der Waals surface area contributed by atoms with Crippen molar-refractivity contribution in [2.45, 2.75) is 25.4 Å². The van der Waals surface area contributed by atoms with Gasteiger partial charge in [0.2, 0.25) is 11.8 Å². The summed E-state index contributed by atoms with van der Waals surface area (Å²) in [5.41, 5.74) is 1.34. The number of imide groups is 1. The highest BCUT2D eigenvalue weighted by atomic mass is 16.2. The van der Waals surface area contributed by atoms with Crippen LogP contribution in [-0.2, 0) is 16.1 Å². The van der Waals surface area contributed by atoms with Gasteiger partial charge in [0.05, 0.1) is 1.37 Å². The van der Waals surface area contributed by atoms with Crippen LogP contribution >= 0.6 is 0 Å². The molecule has 1 atom stereocenters. The minimum atomic E-state index is -1.69. The Morgan fingerprint density at radius 1 is 1.28 bits per heavy atom. The second-order valence-corrected chi connectivity index (χ2v) is 4.37. The number of amides is 3. The molecule has 0 bridgehead atoms. The van der Waals surface area contributed by atoms with E-state index in [2.05, 4.69) is 5.32 Å². The van der Waals surface area contributed by atoms with E-state index in [4.69, 9.17) is 1.37 Å². The monoisotopic (exact) mass is 245 g/mol. The van der Waals surface area contributed by atoms with Gasteiger partial charge in [-0.2, -0.15) is 0 Å². The first-order chi connectivity index (χ1) is 9.02. The van der Waals surface area contributed by atoms with Crippen LogP contribution in [0.1, 0.15) is 30.1 Å². The molecule has 1 saturated heterocycles. The fourth-order valence-corrected chi connectivity index (χ4v) is 2.34. The van der Waals surface area contributed by atoms with Gasteiger partial charge in [0.15, 0.2) is 0 Å². The van der Waals surface area contributed by atoms with E-state index < -0.39 is 17.8 Å². The van der Waals surface area contributed by atoms with Gasteiger partial charge in [0.25, 0.3) is 5.91 Å². The summed E-state index contributed by atoms with van der Waals surface area (Å²) < 4.78 is 8.26. The number of nitrogens with zero attached hydrogens (tertiary/aromatic N) is 1. The maximum Gasteiger partial charge on any atom is 0.255 e. The number of carbonyl (C=O) groups is 3.